The van der Waals surface area contributed by atoms with Gasteiger partial charge in [-0.1, -0.05) is 24.3 Å². The highest BCUT2D eigenvalue weighted by Gasteiger charge is 2.32. The Labute approximate surface area is 185 Å². The maximum Gasteiger partial charge on any atom is 0.265 e. The summed E-state index contributed by atoms with van der Waals surface area (Å²) < 4.78 is 16.4. The second kappa shape index (κ2) is 9.90. The molecule has 1 aliphatic heterocycles. The molecule has 160 valence electrons. The van der Waals surface area contributed by atoms with Gasteiger partial charge in [-0.05, 0) is 53.7 Å². The van der Waals surface area contributed by atoms with E-state index < -0.39 is 11.8 Å². The number of nitrogens with one attached hydrogen (secondary N) is 1. The molecule has 0 unspecified atom stereocenters. The lowest BCUT2D eigenvalue weighted by molar-refractivity contribution is -0.128. The second-order valence-corrected chi connectivity index (χ2v) is 6.96. The lowest BCUT2D eigenvalue weighted by Crippen LogP contribution is -2.53. The van der Waals surface area contributed by atoms with E-state index in [1.807, 2.05) is 24.3 Å². The van der Waals surface area contributed by atoms with Gasteiger partial charge in [-0.25, -0.2) is 0 Å². The van der Waals surface area contributed by atoms with Crippen molar-refractivity contribution in [2.24, 2.45) is 0 Å². The molecular formula is C23H22N2O5S. The molecule has 2 amide bonds. The molecule has 8 heteroatoms. The Bertz CT molecular complexity index is 1050. The number of thiocarbonyl (C=S) groups is 1. The standard InChI is InChI=1S/C23H22N2O5S/c1-4-11-25-22(27)18(21(26)24-23(25)31)12-16-7-10-19(20(13-16)29-3)30-14-15-5-8-17(28-2)9-6-15/h4-10,12-13H,1,11,14H2,2-3H3,(H,24,26,31). The quantitative estimate of drug-likeness (QED) is 0.295. The molecule has 2 aromatic carbocycles. The van der Waals surface area contributed by atoms with Crippen LogP contribution in [0.1, 0.15) is 11.1 Å². The third kappa shape index (κ3) is 5.10. The Kier molecular flexibility index (Phi) is 7.04. The van der Waals surface area contributed by atoms with Gasteiger partial charge in [0.05, 0.1) is 14.2 Å². The van der Waals surface area contributed by atoms with E-state index in [0.717, 1.165) is 11.3 Å². The number of nitrogens with zero attached hydrogens (tertiary/aromatic N) is 1. The third-order valence-corrected chi connectivity index (χ3v) is 4.87. The Morgan fingerprint density at radius 1 is 1.06 bits per heavy atom. The van der Waals surface area contributed by atoms with Gasteiger partial charge in [0, 0.05) is 6.54 Å². The largest absolute Gasteiger partial charge is 0.497 e. The molecule has 0 aromatic heterocycles. The second-order valence-electron chi connectivity index (χ2n) is 6.57. The van der Waals surface area contributed by atoms with Crippen LogP contribution in [0.15, 0.2) is 60.7 Å². The van der Waals surface area contributed by atoms with E-state index in [1.165, 1.54) is 24.2 Å². The summed E-state index contributed by atoms with van der Waals surface area (Å²) >= 11 is 5.06. The molecule has 0 aliphatic carbocycles. The van der Waals surface area contributed by atoms with Crippen LogP contribution in [0.25, 0.3) is 6.08 Å². The number of methoxy groups -OCH3 is 2. The minimum absolute atomic E-state index is 0.0237. The normalized spacial score (nSPS) is 15.0. The van der Waals surface area contributed by atoms with E-state index in [-0.39, 0.29) is 17.2 Å². The molecule has 7 nitrogen and oxygen atoms in total. The van der Waals surface area contributed by atoms with Crippen LogP contribution in [-0.4, -0.2) is 42.6 Å². The van der Waals surface area contributed by atoms with Gasteiger partial charge < -0.3 is 14.2 Å². The first-order valence-electron chi connectivity index (χ1n) is 9.40. The van der Waals surface area contributed by atoms with Crippen LogP contribution < -0.4 is 19.5 Å². The average molecular weight is 439 g/mol. The smallest absolute Gasteiger partial charge is 0.265 e. The number of carbonyl (C=O) groups excluding carboxylic acids is 2. The Morgan fingerprint density at radius 2 is 1.81 bits per heavy atom. The Hall–Kier alpha value is -3.65. The predicted molar refractivity (Wildman–Crippen MR) is 121 cm³/mol. The molecule has 1 aliphatic rings. The van der Waals surface area contributed by atoms with E-state index in [1.54, 1.807) is 25.3 Å². The van der Waals surface area contributed by atoms with E-state index in [4.69, 9.17) is 26.4 Å². The van der Waals surface area contributed by atoms with Crippen LogP contribution in [0.3, 0.4) is 0 Å². The van der Waals surface area contributed by atoms with Gasteiger partial charge in [0.1, 0.15) is 17.9 Å². The van der Waals surface area contributed by atoms with Crippen molar-refractivity contribution in [3.63, 3.8) is 0 Å². The zero-order valence-corrected chi connectivity index (χ0v) is 18.0. The highest BCUT2D eigenvalue weighted by molar-refractivity contribution is 7.80. The SMILES string of the molecule is C=CCN1C(=O)C(=Cc2ccc(OCc3ccc(OC)cc3)c(OC)c2)C(=O)NC1=S. The molecule has 0 bridgehead atoms. The number of benzene rings is 2. The Balaban J connectivity index is 1.79. The summed E-state index contributed by atoms with van der Waals surface area (Å²) in [4.78, 5) is 26.2. The Morgan fingerprint density at radius 3 is 2.45 bits per heavy atom. The molecule has 1 N–H and O–H groups in total. The molecule has 1 heterocycles. The number of ether oxygens (including phenoxy) is 3. The zero-order valence-electron chi connectivity index (χ0n) is 17.2. The van der Waals surface area contributed by atoms with Crippen molar-refractivity contribution in [1.29, 1.82) is 0 Å². The molecule has 0 atom stereocenters. The van der Waals surface area contributed by atoms with Gasteiger partial charge in [0.15, 0.2) is 16.6 Å². The van der Waals surface area contributed by atoms with Gasteiger partial charge in [-0.15, -0.1) is 6.58 Å². The lowest BCUT2D eigenvalue weighted by Gasteiger charge is -2.27. The summed E-state index contributed by atoms with van der Waals surface area (Å²) in [6.45, 7) is 4.16. The monoisotopic (exact) mass is 438 g/mol. The molecule has 31 heavy (non-hydrogen) atoms. The molecular weight excluding hydrogens is 416 g/mol. The minimum Gasteiger partial charge on any atom is -0.497 e. The topological polar surface area (TPSA) is 77.1 Å². The van der Waals surface area contributed by atoms with Crippen molar-refractivity contribution in [3.05, 3.63) is 71.8 Å². The van der Waals surface area contributed by atoms with Crippen molar-refractivity contribution in [1.82, 2.24) is 10.2 Å². The fourth-order valence-electron chi connectivity index (χ4n) is 2.93. The van der Waals surface area contributed by atoms with E-state index in [9.17, 15) is 9.59 Å². The van der Waals surface area contributed by atoms with Crippen molar-refractivity contribution in [2.45, 2.75) is 6.61 Å². The first-order chi connectivity index (χ1) is 15.0. The minimum atomic E-state index is -0.547. The van der Waals surface area contributed by atoms with E-state index in [2.05, 4.69) is 11.9 Å². The van der Waals surface area contributed by atoms with Gasteiger partial charge >= 0.3 is 0 Å². The van der Waals surface area contributed by atoms with Crippen LogP contribution in [0.2, 0.25) is 0 Å². The van der Waals surface area contributed by atoms with Gasteiger partial charge in [0.2, 0.25) is 0 Å². The zero-order chi connectivity index (χ0) is 22.4. The predicted octanol–water partition coefficient (Wildman–Crippen LogP) is 3.10. The molecule has 0 spiro atoms. The highest BCUT2D eigenvalue weighted by Crippen LogP contribution is 2.30. The lowest BCUT2D eigenvalue weighted by atomic mass is 10.1. The maximum atomic E-state index is 12.7. The highest BCUT2D eigenvalue weighted by atomic mass is 32.1. The van der Waals surface area contributed by atoms with Crippen LogP contribution in [-0.2, 0) is 16.2 Å². The summed E-state index contributed by atoms with van der Waals surface area (Å²) in [5.41, 5.74) is 1.56. The number of amides is 2. The summed E-state index contributed by atoms with van der Waals surface area (Å²) in [5.74, 6) is 0.758. The summed E-state index contributed by atoms with van der Waals surface area (Å²) in [7, 11) is 3.14. The van der Waals surface area contributed by atoms with E-state index in [0.29, 0.717) is 23.7 Å². The molecule has 3 rings (SSSR count). The van der Waals surface area contributed by atoms with Crippen molar-refractivity contribution < 1.29 is 23.8 Å². The van der Waals surface area contributed by atoms with Crippen molar-refractivity contribution in [3.8, 4) is 17.2 Å². The third-order valence-electron chi connectivity index (χ3n) is 4.55. The van der Waals surface area contributed by atoms with Crippen LogP contribution in [0.4, 0.5) is 0 Å². The van der Waals surface area contributed by atoms with Gasteiger partial charge in [-0.2, -0.15) is 0 Å². The molecule has 2 aromatic rings. The maximum absolute atomic E-state index is 12.7. The van der Waals surface area contributed by atoms with E-state index >= 15 is 0 Å². The summed E-state index contributed by atoms with van der Waals surface area (Å²) in [6, 6.07) is 12.7. The van der Waals surface area contributed by atoms with Crippen LogP contribution in [0.5, 0.6) is 17.2 Å². The summed E-state index contributed by atoms with van der Waals surface area (Å²) in [6.07, 6.45) is 3.03. The van der Waals surface area contributed by atoms with Gasteiger partial charge in [0.25, 0.3) is 11.8 Å². The molecule has 1 saturated heterocycles. The molecule has 0 radical (unpaired) electrons. The number of hydrogen-bond donors (Lipinski definition) is 1. The summed E-state index contributed by atoms with van der Waals surface area (Å²) in [5, 5.41) is 2.58. The first kappa shape index (κ1) is 22.0. The van der Waals surface area contributed by atoms with Crippen molar-refractivity contribution in [2.75, 3.05) is 20.8 Å². The average Bonchev–Trinajstić information content (AvgIpc) is 2.78. The molecule has 0 saturated carbocycles. The van der Waals surface area contributed by atoms with Crippen molar-refractivity contribution >= 4 is 35.2 Å². The number of carbonyl (C=O) groups is 2. The fraction of sp³-hybridized carbons (Fsp3) is 0.174. The van der Waals surface area contributed by atoms with Crippen LogP contribution >= 0.6 is 12.2 Å². The number of rotatable bonds is 8. The van der Waals surface area contributed by atoms with Crippen LogP contribution in [0, 0.1) is 0 Å². The molecule has 1 fully saturated rings. The fourth-order valence-corrected chi connectivity index (χ4v) is 3.18. The number of hydrogen-bond acceptors (Lipinski definition) is 6. The van der Waals surface area contributed by atoms with Gasteiger partial charge in [-0.3, -0.25) is 19.8 Å². The first-order valence-corrected chi connectivity index (χ1v) is 9.81.